The first kappa shape index (κ1) is 13.0. The zero-order valence-corrected chi connectivity index (χ0v) is 11.4. The molecular formula is C15H19N3O2. The first-order chi connectivity index (χ1) is 9.72. The summed E-state index contributed by atoms with van der Waals surface area (Å²) in [6.45, 7) is 1.70. The topological polar surface area (TPSA) is 61.4 Å². The van der Waals surface area contributed by atoms with E-state index < -0.39 is 0 Å². The summed E-state index contributed by atoms with van der Waals surface area (Å²) in [5.74, 6) is 0.0801. The molecule has 0 radical (unpaired) electrons. The molecule has 1 aromatic carbocycles. The number of hydrogen-bond donors (Lipinski definition) is 2. The normalized spacial score (nSPS) is 17.9. The van der Waals surface area contributed by atoms with Crippen LogP contribution in [0.25, 0.3) is 0 Å². The number of likely N-dealkylation sites (tertiary alicyclic amines) is 1. The highest BCUT2D eigenvalue weighted by Crippen LogP contribution is 2.19. The number of nitrogens with one attached hydrogen (secondary N) is 2. The largest absolute Gasteiger partial charge is 0.339 e. The van der Waals surface area contributed by atoms with Crippen LogP contribution in [0.5, 0.6) is 0 Å². The maximum absolute atomic E-state index is 12.2. The van der Waals surface area contributed by atoms with Crippen molar-refractivity contribution >= 4 is 17.6 Å². The zero-order valence-electron chi connectivity index (χ0n) is 11.4. The number of urea groups is 1. The van der Waals surface area contributed by atoms with Crippen molar-refractivity contribution < 1.29 is 9.59 Å². The van der Waals surface area contributed by atoms with Gasteiger partial charge in [0, 0.05) is 30.4 Å². The summed E-state index contributed by atoms with van der Waals surface area (Å²) in [5, 5.41) is 5.63. The Bertz CT molecular complexity index is 502. The van der Waals surface area contributed by atoms with Gasteiger partial charge in [0.05, 0.1) is 0 Å². The average molecular weight is 273 g/mol. The fraction of sp³-hybridized carbons (Fsp3) is 0.467. The minimum absolute atomic E-state index is 0.0801. The van der Waals surface area contributed by atoms with Crippen LogP contribution in [-0.2, 0) is 0 Å². The van der Waals surface area contributed by atoms with Gasteiger partial charge < -0.3 is 15.5 Å². The third-order valence-electron chi connectivity index (χ3n) is 3.70. The second-order valence-corrected chi connectivity index (χ2v) is 5.45. The van der Waals surface area contributed by atoms with Gasteiger partial charge in [0.25, 0.3) is 5.91 Å². The molecule has 0 unspecified atom stereocenters. The summed E-state index contributed by atoms with van der Waals surface area (Å²) in [6, 6.07) is 7.25. The monoisotopic (exact) mass is 273 g/mol. The number of anilines is 1. The van der Waals surface area contributed by atoms with E-state index >= 15 is 0 Å². The number of hydrogen-bond acceptors (Lipinski definition) is 2. The molecule has 0 spiro atoms. The molecule has 2 fully saturated rings. The minimum Gasteiger partial charge on any atom is -0.339 e. The molecule has 106 valence electrons. The summed E-state index contributed by atoms with van der Waals surface area (Å²) >= 11 is 0. The van der Waals surface area contributed by atoms with E-state index in [1.807, 2.05) is 4.90 Å². The lowest BCUT2D eigenvalue weighted by molar-refractivity contribution is 0.0793. The van der Waals surface area contributed by atoms with E-state index in [1.165, 1.54) is 0 Å². The Balaban J connectivity index is 1.58. The van der Waals surface area contributed by atoms with Crippen LogP contribution in [0.3, 0.4) is 0 Å². The van der Waals surface area contributed by atoms with Crippen LogP contribution in [-0.4, -0.2) is 36.0 Å². The summed E-state index contributed by atoms with van der Waals surface area (Å²) in [5.41, 5.74) is 1.39. The quantitative estimate of drug-likeness (QED) is 0.887. The van der Waals surface area contributed by atoms with E-state index in [9.17, 15) is 9.59 Å². The van der Waals surface area contributed by atoms with E-state index in [0.717, 1.165) is 38.8 Å². The molecule has 20 heavy (non-hydrogen) atoms. The van der Waals surface area contributed by atoms with Gasteiger partial charge in [-0.15, -0.1) is 0 Å². The Labute approximate surface area is 118 Å². The number of nitrogens with zero attached hydrogens (tertiary/aromatic N) is 1. The van der Waals surface area contributed by atoms with E-state index in [4.69, 9.17) is 0 Å². The van der Waals surface area contributed by atoms with Gasteiger partial charge in [0.15, 0.2) is 0 Å². The molecule has 5 nitrogen and oxygen atoms in total. The van der Waals surface area contributed by atoms with Crippen molar-refractivity contribution in [1.29, 1.82) is 0 Å². The van der Waals surface area contributed by atoms with Gasteiger partial charge in [-0.05, 0) is 49.9 Å². The number of amides is 3. The predicted molar refractivity (Wildman–Crippen MR) is 76.8 cm³/mol. The molecule has 3 rings (SSSR count). The van der Waals surface area contributed by atoms with Crippen LogP contribution in [0.2, 0.25) is 0 Å². The fourth-order valence-electron chi connectivity index (χ4n) is 2.38. The minimum atomic E-state index is -0.175. The SMILES string of the molecule is O=C(Nc1ccc(C(=O)N2CCCC2)cc1)NC1CC1. The molecule has 1 aromatic rings. The van der Waals surface area contributed by atoms with Crippen molar-refractivity contribution in [1.82, 2.24) is 10.2 Å². The van der Waals surface area contributed by atoms with E-state index in [-0.39, 0.29) is 11.9 Å². The van der Waals surface area contributed by atoms with Crippen molar-refractivity contribution in [2.45, 2.75) is 31.7 Å². The lowest BCUT2D eigenvalue weighted by Crippen LogP contribution is -2.30. The molecule has 0 aromatic heterocycles. The Morgan fingerprint density at radius 1 is 1.05 bits per heavy atom. The van der Waals surface area contributed by atoms with Crippen molar-refractivity contribution in [3.05, 3.63) is 29.8 Å². The summed E-state index contributed by atoms with van der Waals surface area (Å²) in [6.07, 6.45) is 4.31. The van der Waals surface area contributed by atoms with E-state index in [0.29, 0.717) is 17.3 Å². The van der Waals surface area contributed by atoms with Gasteiger partial charge in [-0.3, -0.25) is 4.79 Å². The van der Waals surface area contributed by atoms with E-state index in [1.54, 1.807) is 24.3 Å². The maximum atomic E-state index is 12.2. The van der Waals surface area contributed by atoms with Crippen LogP contribution < -0.4 is 10.6 Å². The van der Waals surface area contributed by atoms with Crippen molar-refractivity contribution in [2.24, 2.45) is 0 Å². The second-order valence-electron chi connectivity index (χ2n) is 5.45. The van der Waals surface area contributed by atoms with Crippen LogP contribution in [0.1, 0.15) is 36.0 Å². The van der Waals surface area contributed by atoms with E-state index in [2.05, 4.69) is 10.6 Å². The van der Waals surface area contributed by atoms with Gasteiger partial charge in [0.2, 0.25) is 0 Å². The third-order valence-corrected chi connectivity index (χ3v) is 3.70. The fourth-order valence-corrected chi connectivity index (χ4v) is 2.38. The molecular weight excluding hydrogens is 254 g/mol. The molecule has 1 aliphatic heterocycles. The summed E-state index contributed by atoms with van der Waals surface area (Å²) in [4.78, 5) is 25.6. The van der Waals surface area contributed by atoms with Gasteiger partial charge in [0.1, 0.15) is 0 Å². The molecule has 3 amide bonds. The van der Waals surface area contributed by atoms with Crippen LogP contribution >= 0.6 is 0 Å². The van der Waals surface area contributed by atoms with Crippen LogP contribution in [0.4, 0.5) is 10.5 Å². The molecule has 1 saturated heterocycles. The van der Waals surface area contributed by atoms with Crippen LogP contribution in [0.15, 0.2) is 24.3 Å². The standard InChI is InChI=1S/C15H19N3O2/c19-14(18-9-1-2-10-18)11-3-5-12(6-4-11)16-15(20)17-13-7-8-13/h3-6,13H,1-2,7-10H2,(H2,16,17,20). The first-order valence-electron chi connectivity index (χ1n) is 7.19. The molecule has 1 heterocycles. The molecule has 2 aliphatic rings. The molecule has 0 bridgehead atoms. The van der Waals surface area contributed by atoms with Crippen molar-refractivity contribution in [3.8, 4) is 0 Å². The number of carbonyl (C=O) groups excluding carboxylic acids is 2. The summed E-state index contributed by atoms with van der Waals surface area (Å²) in [7, 11) is 0. The Kier molecular flexibility index (Phi) is 3.58. The molecule has 1 saturated carbocycles. The zero-order chi connectivity index (χ0) is 13.9. The smallest absolute Gasteiger partial charge is 0.319 e. The lowest BCUT2D eigenvalue weighted by atomic mass is 10.2. The Morgan fingerprint density at radius 3 is 2.30 bits per heavy atom. The highest BCUT2D eigenvalue weighted by molar-refractivity contribution is 5.95. The van der Waals surface area contributed by atoms with Gasteiger partial charge in [-0.1, -0.05) is 0 Å². The summed E-state index contributed by atoms with van der Waals surface area (Å²) < 4.78 is 0. The number of benzene rings is 1. The van der Waals surface area contributed by atoms with Gasteiger partial charge in [-0.2, -0.15) is 0 Å². The Hall–Kier alpha value is -2.04. The third kappa shape index (κ3) is 3.10. The van der Waals surface area contributed by atoms with Gasteiger partial charge in [-0.25, -0.2) is 4.79 Å². The molecule has 5 heteroatoms. The van der Waals surface area contributed by atoms with Crippen LogP contribution in [0, 0.1) is 0 Å². The Morgan fingerprint density at radius 2 is 1.70 bits per heavy atom. The second kappa shape index (κ2) is 5.53. The van der Waals surface area contributed by atoms with Crippen molar-refractivity contribution in [3.63, 3.8) is 0 Å². The maximum Gasteiger partial charge on any atom is 0.319 e. The molecule has 0 atom stereocenters. The highest BCUT2D eigenvalue weighted by Gasteiger charge is 2.23. The first-order valence-corrected chi connectivity index (χ1v) is 7.19. The predicted octanol–water partition coefficient (Wildman–Crippen LogP) is 2.21. The van der Waals surface area contributed by atoms with Gasteiger partial charge >= 0.3 is 6.03 Å². The average Bonchev–Trinajstić information content (AvgIpc) is 3.08. The highest BCUT2D eigenvalue weighted by atomic mass is 16.2. The molecule has 2 N–H and O–H groups in total. The van der Waals surface area contributed by atoms with Crippen molar-refractivity contribution in [2.75, 3.05) is 18.4 Å². The lowest BCUT2D eigenvalue weighted by Gasteiger charge is -2.15. The molecule has 1 aliphatic carbocycles. The number of rotatable bonds is 3. The number of carbonyl (C=O) groups is 2.